The lowest BCUT2D eigenvalue weighted by atomic mass is 9.99. The number of carbonyl (C=O) groups excluding carboxylic acids is 2. The Morgan fingerprint density at radius 1 is 1.41 bits per heavy atom. The minimum absolute atomic E-state index is 0.0999. The first kappa shape index (κ1) is 17.0. The second kappa shape index (κ2) is 7.73. The van der Waals surface area contributed by atoms with Crippen LogP contribution < -0.4 is 11.1 Å². The van der Waals surface area contributed by atoms with Crippen LogP contribution in [-0.4, -0.2) is 33.4 Å². The number of carbonyl (C=O) groups is 2. The van der Waals surface area contributed by atoms with Gasteiger partial charge < -0.3 is 11.1 Å². The molecule has 2 atom stereocenters. The van der Waals surface area contributed by atoms with E-state index in [1.165, 1.54) is 11.3 Å². The Kier molecular flexibility index (Phi) is 5.96. The molecule has 1 heterocycles. The van der Waals surface area contributed by atoms with Crippen LogP contribution >= 0.6 is 23.6 Å². The summed E-state index contributed by atoms with van der Waals surface area (Å²) in [6, 6.07) is 0. The van der Waals surface area contributed by atoms with Gasteiger partial charge in [0, 0.05) is 12.3 Å². The van der Waals surface area contributed by atoms with Crippen molar-refractivity contribution in [2.45, 2.75) is 44.9 Å². The van der Waals surface area contributed by atoms with Crippen LogP contribution in [0.15, 0.2) is 0 Å². The van der Waals surface area contributed by atoms with Gasteiger partial charge in [-0.2, -0.15) is 0 Å². The van der Waals surface area contributed by atoms with E-state index in [9.17, 15) is 9.59 Å². The zero-order valence-corrected chi connectivity index (χ0v) is 14.1. The molecule has 0 amide bonds. The second-order valence-corrected chi connectivity index (χ2v) is 7.28. The maximum absolute atomic E-state index is 11.8. The number of ketones is 2. The van der Waals surface area contributed by atoms with Crippen LogP contribution in [0.5, 0.6) is 0 Å². The lowest BCUT2D eigenvalue weighted by Gasteiger charge is -2.09. The Bertz CT molecular complexity index is 573. The van der Waals surface area contributed by atoms with E-state index in [1.54, 1.807) is 6.92 Å². The molecule has 6 nitrogen and oxygen atoms in total. The van der Waals surface area contributed by atoms with Crippen LogP contribution in [0.25, 0.3) is 0 Å². The smallest absolute Gasteiger partial charge is 0.164 e. The van der Waals surface area contributed by atoms with Crippen molar-refractivity contribution in [3.05, 3.63) is 10.0 Å². The third kappa shape index (κ3) is 5.10. The predicted molar refractivity (Wildman–Crippen MR) is 88.8 cm³/mol. The molecule has 1 aromatic rings. The van der Waals surface area contributed by atoms with Gasteiger partial charge in [-0.1, -0.05) is 0 Å². The second-order valence-electron chi connectivity index (χ2n) is 5.75. The van der Waals surface area contributed by atoms with Crippen molar-refractivity contribution in [3.63, 3.8) is 0 Å². The van der Waals surface area contributed by atoms with Crippen molar-refractivity contribution in [2.24, 2.45) is 11.7 Å². The summed E-state index contributed by atoms with van der Waals surface area (Å²) in [5.41, 5.74) is 5.31. The molecule has 0 radical (unpaired) electrons. The van der Waals surface area contributed by atoms with Gasteiger partial charge in [0.2, 0.25) is 0 Å². The van der Waals surface area contributed by atoms with Gasteiger partial charge in [0.25, 0.3) is 0 Å². The molecule has 1 saturated carbocycles. The number of rotatable bonds is 7. The number of hydrogen-bond donors (Lipinski definition) is 2. The van der Waals surface area contributed by atoms with E-state index in [0.29, 0.717) is 24.7 Å². The summed E-state index contributed by atoms with van der Waals surface area (Å²) >= 11 is 6.21. The van der Waals surface area contributed by atoms with Crippen LogP contribution in [-0.2, 0) is 16.0 Å². The first-order chi connectivity index (χ1) is 10.4. The van der Waals surface area contributed by atoms with Gasteiger partial charge >= 0.3 is 0 Å². The minimum Gasteiger partial charge on any atom is -0.376 e. The Labute approximate surface area is 138 Å². The van der Waals surface area contributed by atoms with Gasteiger partial charge in [-0.3, -0.25) is 9.59 Å². The summed E-state index contributed by atoms with van der Waals surface area (Å²) in [6.07, 6.45) is 3.90. The molecule has 1 aliphatic carbocycles. The molecule has 0 saturated heterocycles. The molecule has 2 rings (SSSR count). The lowest BCUT2D eigenvalue weighted by Crippen LogP contribution is -2.34. The molecule has 22 heavy (non-hydrogen) atoms. The van der Waals surface area contributed by atoms with Gasteiger partial charge in [0.05, 0.1) is 13.0 Å². The molecule has 0 aliphatic heterocycles. The van der Waals surface area contributed by atoms with Crippen molar-refractivity contribution in [1.82, 2.24) is 15.5 Å². The molecule has 1 aromatic heterocycles. The van der Waals surface area contributed by atoms with Crippen molar-refractivity contribution in [1.29, 1.82) is 0 Å². The SMILES string of the molecule is CC(=O)Cc1nnc([C@H]2CCC(CC(=O)CNC(N)=S)C2)s1. The third-order valence-corrected chi connectivity index (χ3v) is 4.98. The number of aromatic nitrogens is 2. The van der Waals surface area contributed by atoms with Gasteiger partial charge in [-0.15, -0.1) is 21.5 Å². The first-order valence-electron chi connectivity index (χ1n) is 7.30. The van der Waals surface area contributed by atoms with Crippen LogP contribution in [0.1, 0.15) is 48.5 Å². The molecular formula is C14H20N4O2S2. The van der Waals surface area contributed by atoms with Crippen LogP contribution in [0, 0.1) is 5.92 Å². The highest BCUT2D eigenvalue weighted by atomic mass is 32.1. The molecule has 120 valence electrons. The number of nitrogens with two attached hydrogens (primary N) is 1. The highest BCUT2D eigenvalue weighted by Crippen LogP contribution is 2.40. The average Bonchev–Trinajstić information content (AvgIpc) is 3.05. The molecule has 8 heteroatoms. The summed E-state index contributed by atoms with van der Waals surface area (Å²) in [5, 5.41) is 12.9. The highest BCUT2D eigenvalue weighted by Gasteiger charge is 2.29. The molecule has 1 aliphatic rings. The summed E-state index contributed by atoms with van der Waals surface area (Å²) in [7, 11) is 0. The van der Waals surface area contributed by atoms with Crippen molar-refractivity contribution >= 4 is 40.2 Å². The summed E-state index contributed by atoms with van der Waals surface area (Å²) in [4.78, 5) is 22.9. The Morgan fingerprint density at radius 2 is 2.18 bits per heavy atom. The monoisotopic (exact) mass is 340 g/mol. The van der Waals surface area contributed by atoms with E-state index >= 15 is 0 Å². The summed E-state index contributed by atoms with van der Waals surface area (Å²) < 4.78 is 0. The largest absolute Gasteiger partial charge is 0.376 e. The van der Waals surface area contributed by atoms with Crippen molar-refractivity contribution < 1.29 is 9.59 Å². The molecule has 1 unspecified atom stereocenters. The van der Waals surface area contributed by atoms with Gasteiger partial charge in [0.1, 0.15) is 15.8 Å². The fourth-order valence-corrected chi connectivity index (χ4v) is 3.91. The molecule has 3 N–H and O–H groups in total. The van der Waals surface area contributed by atoms with Gasteiger partial charge in [-0.25, -0.2) is 0 Å². The number of thiocarbonyl (C=S) groups is 1. The van der Waals surface area contributed by atoms with E-state index in [0.717, 1.165) is 29.3 Å². The number of nitrogens with one attached hydrogen (secondary N) is 1. The quantitative estimate of drug-likeness (QED) is 0.723. The van der Waals surface area contributed by atoms with Crippen LogP contribution in [0.2, 0.25) is 0 Å². The average molecular weight is 340 g/mol. The third-order valence-electron chi connectivity index (χ3n) is 3.75. The van der Waals surface area contributed by atoms with E-state index in [2.05, 4.69) is 27.7 Å². The Balaban J connectivity index is 1.82. The lowest BCUT2D eigenvalue weighted by molar-refractivity contribution is -0.119. The zero-order valence-electron chi connectivity index (χ0n) is 12.5. The fraction of sp³-hybridized carbons (Fsp3) is 0.643. The molecular weight excluding hydrogens is 320 g/mol. The molecule has 0 bridgehead atoms. The normalized spacial score (nSPS) is 20.8. The predicted octanol–water partition coefficient (Wildman–Crippen LogP) is 1.35. The molecule has 0 aromatic carbocycles. The standard InChI is InChI=1S/C14H20N4O2S2/c1-8(19)4-12-17-18-13(22-12)10-3-2-9(5-10)6-11(20)7-16-14(15)21/h9-10H,2-7H2,1H3,(H3,15,16,21)/t9?,10-/m0/s1. The molecule has 0 spiro atoms. The minimum atomic E-state index is 0.0999. The topological polar surface area (TPSA) is 98.0 Å². The Morgan fingerprint density at radius 3 is 2.86 bits per heavy atom. The maximum atomic E-state index is 11.8. The van der Waals surface area contributed by atoms with E-state index in [4.69, 9.17) is 5.73 Å². The van der Waals surface area contributed by atoms with E-state index in [-0.39, 0.29) is 23.2 Å². The number of nitrogens with zero attached hydrogens (tertiary/aromatic N) is 2. The van der Waals surface area contributed by atoms with E-state index < -0.39 is 0 Å². The van der Waals surface area contributed by atoms with Gasteiger partial charge in [-0.05, 0) is 44.3 Å². The molecule has 1 fully saturated rings. The van der Waals surface area contributed by atoms with Gasteiger partial charge in [0.15, 0.2) is 10.9 Å². The zero-order chi connectivity index (χ0) is 16.1. The van der Waals surface area contributed by atoms with Crippen molar-refractivity contribution in [2.75, 3.05) is 6.54 Å². The van der Waals surface area contributed by atoms with Crippen molar-refractivity contribution in [3.8, 4) is 0 Å². The van der Waals surface area contributed by atoms with Crippen LogP contribution in [0.4, 0.5) is 0 Å². The summed E-state index contributed by atoms with van der Waals surface area (Å²) in [6.45, 7) is 1.76. The first-order valence-corrected chi connectivity index (χ1v) is 8.53. The highest BCUT2D eigenvalue weighted by molar-refractivity contribution is 7.80. The fourth-order valence-electron chi connectivity index (χ4n) is 2.78. The Hall–Kier alpha value is -1.41. The van der Waals surface area contributed by atoms with Crippen LogP contribution in [0.3, 0.4) is 0 Å². The summed E-state index contributed by atoms with van der Waals surface area (Å²) in [5.74, 6) is 0.973. The number of Topliss-reactive ketones (excluding diaryl/α,β-unsaturated/α-hetero) is 2. The number of hydrogen-bond acceptors (Lipinski definition) is 6. The maximum Gasteiger partial charge on any atom is 0.164 e. The van der Waals surface area contributed by atoms with E-state index in [1.807, 2.05) is 0 Å².